The van der Waals surface area contributed by atoms with Crippen LogP contribution < -0.4 is 0 Å². The lowest BCUT2D eigenvalue weighted by Gasteiger charge is -2.15. The van der Waals surface area contributed by atoms with Crippen LogP contribution in [0.25, 0.3) is 0 Å². The molecule has 0 aromatic rings. The van der Waals surface area contributed by atoms with E-state index < -0.39 is 12.1 Å². The van der Waals surface area contributed by atoms with Crippen LogP contribution in [0.1, 0.15) is 0 Å². The molecule has 0 fully saturated rings. The molecule has 0 rings (SSSR count). The third-order valence-corrected chi connectivity index (χ3v) is 0.732. The third kappa shape index (κ3) is 2.81. The number of hydrogen-bond acceptors (Lipinski definition) is 7. The van der Waals surface area contributed by atoms with Crippen molar-refractivity contribution in [2.45, 2.75) is 12.1 Å². The van der Waals surface area contributed by atoms with Gasteiger partial charge in [0.1, 0.15) is 0 Å². The number of hydrogen-bond donors (Lipinski definition) is 3. The van der Waals surface area contributed by atoms with Gasteiger partial charge in [-0.2, -0.15) is 4.99 Å². The number of rotatable bonds is 3. The Labute approximate surface area is 60.3 Å². The van der Waals surface area contributed by atoms with Crippen molar-refractivity contribution >= 4 is 12.2 Å². The van der Waals surface area contributed by atoms with E-state index in [1.165, 1.54) is 0 Å². The Morgan fingerprint density at radius 3 is 2.18 bits per heavy atom. The molecule has 1 atom stereocenters. The quantitative estimate of drug-likeness (QED) is 0.242. The second-order valence-corrected chi connectivity index (χ2v) is 1.48. The van der Waals surface area contributed by atoms with Gasteiger partial charge in [0.15, 0.2) is 0 Å². The second kappa shape index (κ2) is 3.72. The van der Waals surface area contributed by atoms with Crippen molar-refractivity contribution in [3.63, 3.8) is 0 Å². The van der Waals surface area contributed by atoms with E-state index in [1.807, 2.05) is 0 Å². The summed E-state index contributed by atoms with van der Waals surface area (Å²) in [6, 6.07) is 0. The summed E-state index contributed by atoms with van der Waals surface area (Å²) in [5.74, 6) is -3.11. The molecule has 1 unspecified atom stereocenters. The Kier molecular flexibility index (Phi) is 3.26. The number of isocyanates is 2. The van der Waals surface area contributed by atoms with E-state index in [2.05, 4.69) is 9.98 Å². The Balaban J connectivity index is 4.52. The fourth-order valence-corrected chi connectivity index (χ4v) is 0.261. The van der Waals surface area contributed by atoms with Crippen LogP contribution in [0.3, 0.4) is 0 Å². The first-order valence-corrected chi connectivity index (χ1v) is 2.33. The molecule has 0 amide bonds. The summed E-state index contributed by atoms with van der Waals surface area (Å²) in [5, 5.41) is 25.5. The number of carbonyl (C=O) groups excluding carboxylic acids is 2. The molecule has 0 radical (unpaired) electrons. The predicted octanol–water partition coefficient (Wildman–Crippen LogP) is -2.39. The van der Waals surface area contributed by atoms with Crippen LogP contribution >= 0.6 is 0 Å². The summed E-state index contributed by atoms with van der Waals surface area (Å²) < 4.78 is 0. The van der Waals surface area contributed by atoms with Crippen molar-refractivity contribution in [1.29, 1.82) is 0 Å². The molecule has 0 saturated heterocycles. The number of aliphatic imine (C=N–C) groups is 2. The Bertz CT molecular complexity index is 225. The Morgan fingerprint density at radius 1 is 1.27 bits per heavy atom. The van der Waals surface area contributed by atoms with E-state index in [-0.39, 0.29) is 0 Å². The molecule has 7 heteroatoms. The molecular formula is C4H4N2O5. The average molecular weight is 160 g/mol. The number of nitrogens with zero attached hydrogens (tertiary/aromatic N) is 2. The molecule has 0 aliphatic heterocycles. The molecule has 0 saturated carbocycles. The summed E-state index contributed by atoms with van der Waals surface area (Å²) in [5.41, 5.74) is 0. The molecule has 60 valence electrons. The summed E-state index contributed by atoms with van der Waals surface area (Å²) in [6.07, 6.45) is -0.615. The maximum Gasteiger partial charge on any atom is 0.324 e. The molecular weight excluding hydrogens is 156 g/mol. The van der Waals surface area contributed by atoms with Gasteiger partial charge in [-0.15, -0.1) is 4.99 Å². The van der Waals surface area contributed by atoms with E-state index in [0.717, 1.165) is 12.2 Å². The van der Waals surface area contributed by atoms with Crippen LogP contribution in [-0.2, 0) is 9.59 Å². The monoisotopic (exact) mass is 160 g/mol. The third-order valence-electron chi connectivity index (χ3n) is 0.732. The van der Waals surface area contributed by atoms with Gasteiger partial charge in [0.2, 0.25) is 18.4 Å². The van der Waals surface area contributed by atoms with Crippen LogP contribution in [0.4, 0.5) is 0 Å². The lowest BCUT2D eigenvalue weighted by atomic mass is 10.4. The smallest absolute Gasteiger partial charge is 0.324 e. The zero-order valence-electron chi connectivity index (χ0n) is 5.13. The molecule has 0 aliphatic carbocycles. The zero-order chi connectivity index (χ0) is 8.91. The van der Waals surface area contributed by atoms with Crippen LogP contribution in [0.15, 0.2) is 9.98 Å². The van der Waals surface area contributed by atoms with E-state index in [1.54, 1.807) is 0 Å². The SMILES string of the molecule is O=C=NC(O)C(O)(O)N=C=O. The molecule has 11 heavy (non-hydrogen) atoms. The molecule has 3 N–H and O–H groups in total. The topological polar surface area (TPSA) is 120 Å². The average Bonchev–Trinajstić information content (AvgIpc) is 1.88. The van der Waals surface area contributed by atoms with Crippen LogP contribution in [0.2, 0.25) is 0 Å². The number of aliphatic hydroxyl groups is 3. The highest BCUT2D eigenvalue weighted by atomic mass is 16.5. The molecule has 0 aromatic heterocycles. The van der Waals surface area contributed by atoms with Crippen molar-refractivity contribution in [2.24, 2.45) is 9.98 Å². The largest absolute Gasteiger partial charge is 0.365 e. The standard InChI is InChI=1S/C4H4N2O5/c7-1-5-3(9)4(10,11)6-2-8/h3,9-11H. The molecule has 0 heterocycles. The van der Waals surface area contributed by atoms with Crippen molar-refractivity contribution in [1.82, 2.24) is 0 Å². The summed E-state index contributed by atoms with van der Waals surface area (Å²) >= 11 is 0. The van der Waals surface area contributed by atoms with Crippen molar-refractivity contribution in [2.75, 3.05) is 0 Å². The lowest BCUT2D eigenvalue weighted by molar-refractivity contribution is -0.215. The van der Waals surface area contributed by atoms with E-state index in [9.17, 15) is 9.59 Å². The molecule has 0 aromatic carbocycles. The maximum absolute atomic E-state index is 9.47. The molecule has 0 spiro atoms. The van der Waals surface area contributed by atoms with Crippen molar-refractivity contribution in [3.8, 4) is 0 Å². The minimum atomic E-state index is -3.11. The zero-order valence-corrected chi connectivity index (χ0v) is 5.13. The lowest BCUT2D eigenvalue weighted by Crippen LogP contribution is -2.38. The van der Waals surface area contributed by atoms with Gasteiger partial charge in [0, 0.05) is 0 Å². The highest BCUT2D eigenvalue weighted by Gasteiger charge is 2.33. The Morgan fingerprint density at radius 2 is 1.82 bits per heavy atom. The van der Waals surface area contributed by atoms with Gasteiger partial charge >= 0.3 is 5.91 Å². The van der Waals surface area contributed by atoms with Crippen LogP contribution in [-0.4, -0.2) is 39.6 Å². The highest BCUT2D eigenvalue weighted by molar-refractivity contribution is 5.35. The van der Waals surface area contributed by atoms with Crippen molar-refractivity contribution < 1.29 is 24.9 Å². The first-order valence-electron chi connectivity index (χ1n) is 2.33. The van der Waals surface area contributed by atoms with E-state index in [0.29, 0.717) is 0 Å². The van der Waals surface area contributed by atoms with E-state index >= 15 is 0 Å². The minimum absolute atomic E-state index is 0.772. The van der Waals surface area contributed by atoms with Crippen LogP contribution in [0, 0.1) is 0 Å². The van der Waals surface area contributed by atoms with Gasteiger partial charge in [-0.3, -0.25) is 0 Å². The van der Waals surface area contributed by atoms with Gasteiger partial charge in [-0.1, -0.05) is 0 Å². The summed E-state index contributed by atoms with van der Waals surface area (Å²) in [4.78, 5) is 23.8. The van der Waals surface area contributed by atoms with Gasteiger partial charge in [-0.25, -0.2) is 9.59 Å². The summed E-state index contributed by atoms with van der Waals surface area (Å²) in [7, 11) is 0. The first kappa shape index (κ1) is 9.64. The predicted molar refractivity (Wildman–Crippen MR) is 29.4 cm³/mol. The first-order chi connectivity index (χ1) is 5.04. The van der Waals surface area contributed by atoms with Gasteiger partial charge < -0.3 is 15.3 Å². The van der Waals surface area contributed by atoms with E-state index in [4.69, 9.17) is 15.3 Å². The maximum atomic E-state index is 9.47. The van der Waals surface area contributed by atoms with Gasteiger partial charge in [0.25, 0.3) is 0 Å². The second-order valence-electron chi connectivity index (χ2n) is 1.48. The highest BCUT2D eigenvalue weighted by Crippen LogP contribution is 2.07. The van der Waals surface area contributed by atoms with Gasteiger partial charge in [-0.05, 0) is 0 Å². The fourth-order valence-electron chi connectivity index (χ4n) is 0.261. The molecule has 0 aliphatic rings. The molecule has 0 bridgehead atoms. The normalized spacial score (nSPS) is 12.6. The molecule has 7 nitrogen and oxygen atoms in total. The minimum Gasteiger partial charge on any atom is -0.365 e. The fraction of sp³-hybridized carbons (Fsp3) is 0.500. The Hall–Kier alpha value is -1.36. The van der Waals surface area contributed by atoms with Crippen LogP contribution in [0.5, 0.6) is 0 Å². The summed E-state index contributed by atoms with van der Waals surface area (Å²) in [6.45, 7) is 0. The van der Waals surface area contributed by atoms with Crippen molar-refractivity contribution in [3.05, 3.63) is 0 Å². The van der Waals surface area contributed by atoms with Gasteiger partial charge in [0.05, 0.1) is 0 Å². The number of aliphatic hydroxyl groups excluding tert-OH is 1.